The molecule has 1 saturated heterocycles. The maximum absolute atomic E-state index is 12.8. The summed E-state index contributed by atoms with van der Waals surface area (Å²) >= 11 is 5.31. The third-order valence-electron chi connectivity index (χ3n) is 3.40. The van der Waals surface area contributed by atoms with Crippen LogP contribution in [0.2, 0.25) is 0 Å². The van der Waals surface area contributed by atoms with Gasteiger partial charge >= 0.3 is 0 Å². The Kier molecular flexibility index (Phi) is 5.74. The molecule has 4 nitrogen and oxygen atoms in total. The van der Waals surface area contributed by atoms with Crippen LogP contribution < -0.4 is 5.73 Å². The Bertz CT molecular complexity index is 478. The maximum Gasteiger partial charge on any atom is 0.255 e. The predicted molar refractivity (Wildman–Crippen MR) is 87.2 cm³/mol. The zero-order chi connectivity index (χ0) is 14.5. The van der Waals surface area contributed by atoms with Crippen LogP contribution in [0.25, 0.3) is 0 Å². The van der Waals surface area contributed by atoms with E-state index in [0.29, 0.717) is 28.9 Å². The van der Waals surface area contributed by atoms with E-state index < -0.39 is 0 Å². The van der Waals surface area contributed by atoms with Crippen LogP contribution in [0.4, 0.5) is 5.69 Å². The summed E-state index contributed by atoms with van der Waals surface area (Å²) in [4.78, 5) is 14.7. The topological polar surface area (TPSA) is 55.6 Å². The number of halogens is 1. The maximum atomic E-state index is 12.8. The molecule has 1 amide bonds. The molecule has 1 aliphatic rings. The fraction of sp³-hybridized carbons (Fsp3) is 0.500. The number of ether oxygens (including phenoxy) is 1. The summed E-state index contributed by atoms with van der Waals surface area (Å²) in [6.45, 7) is 1.16. The molecule has 0 bridgehead atoms. The molecule has 0 radical (unpaired) electrons. The van der Waals surface area contributed by atoms with Crippen molar-refractivity contribution in [1.29, 1.82) is 0 Å². The third kappa shape index (κ3) is 3.48. The van der Waals surface area contributed by atoms with Crippen molar-refractivity contribution in [2.75, 3.05) is 37.5 Å². The van der Waals surface area contributed by atoms with Gasteiger partial charge in [0, 0.05) is 31.1 Å². The molecule has 20 heavy (non-hydrogen) atoms. The minimum atomic E-state index is 0.0220. The number of anilines is 1. The van der Waals surface area contributed by atoms with Gasteiger partial charge in [0.1, 0.15) is 0 Å². The van der Waals surface area contributed by atoms with Crippen LogP contribution in [-0.2, 0) is 4.74 Å². The first-order chi connectivity index (χ1) is 9.65. The molecule has 1 aromatic carbocycles. The van der Waals surface area contributed by atoms with Gasteiger partial charge in [-0.3, -0.25) is 4.79 Å². The number of amides is 1. The van der Waals surface area contributed by atoms with Crippen molar-refractivity contribution in [3.63, 3.8) is 0 Å². The zero-order valence-corrected chi connectivity index (χ0v) is 13.9. The first-order valence-corrected chi connectivity index (χ1v) is 8.51. The molecule has 110 valence electrons. The molecule has 0 aliphatic carbocycles. The van der Waals surface area contributed by atoms with Gasteiger partial charge in [0.25, 0.3) is 5.91 Å². The predicted octanol–water partition coefficient (Wildman–Crippen LogP) is 2.63. The van der Waals surface area contributed by atoms with E-state index in [1.165, 1.54) is 0 Å². The number of nitrogen functional groups attached to an aromatic ring is 1. The molecule has 0 spiro atoms. The van der Waals surface area contributed by atoms with E-state index >= 15 is 0 Å². The molecule has 0 aromatic heterocycles. The number of rotatable bonds is 5. The number of hydrogen-bond donors (Lipinski definition) is 1. The van der Waals surface area contributed by atoms with Gasteiger partial charge in [-0.15, -0.1) is 0 Å². The molecule has 6 heteroatoms. The minimum Gasteiger partial charge on any atom is -0.398 e. The average Bonchev–Trinajstić information content (AvgIpc) is 2.96. The summed E-state index contributed by atoms with van der Waals surface area (Å²) in [5, 5.41) is 0. The molecule has 1 atom stereocenters. The average molecular weight is 359 g/mol. The van der Waals surface area contributed by atoms with Crippen LogP contribution in [-0.4, -0.2) is 48.6 Å². The highest BCUT2D eigenvalue weighted by Crippen LogP contribution is 2.28. The monoisotopic (exact) mass is 358 g/mol. The zero-order valence-electron chi connectivity index (χ0n) is 11.5. The number of nitrogens with two attached hydrogens (primary N) is 1. The second-order valence-electron chi connectivity index (χ2n) is 4.72. The number of hydrogen-bond acceptors (Lipinski definition) is 4. The van der Waals surface area contributed by atoms with Crippen LogP contribution in [0.3, 0.4) is 0 Å². The van der Waals surface area contributed by atoms with E-state index in [1.807, 2.05) is 28.8 Å². The van der Waals surface area contributed by atoms with Crippen molar-refractivity contribution in [3.05, 3.63) is 28.2 Å². The standard InChI is InChI=1S/C14H19BrN2O2S/c1-19-7-6-17(10-5-8-20-9-10)14(18)11-3-2-4-12(16)13(11)15/h2-4,10H,5-9,16H2,1H3. The highest BCUT2D eigenvalue weighted by Gasteiger charge is 2.28. The highest BCUT2D eigenvalue weighted by atomic mass is 79.9. The van der Waals surface area contributed by atoms with Gasteiger partial charge < -0.3 is 15.4 Å². The molecule has 1 unspecified atom stereocenters. The lowest BCUT2D eigenvalue weighted by atomic mass is 10.1. The molecule has 2 rings (SSSR count). The van der Waals surface area contributed by atoms with Crippen LogP contribution in [0.15, 0.2) is 22.7 Å². The van der Waals surface area contributed by atoms with Crippen molar-refractivity contribution in [2.24, 2.45) is 0 Å². The van der Waals surface area contributed by atoms with Gasteiger partial charge in [0.05, 0.1) is 16.6 Å². The fourth-order valence-corrected chi connectivity index (χ4v) is 3.94. The third-order valence-corrected chi connectivity index (χ3v) is 5.43. The summed E-state index contributed by atoms with van der Waals surface area (Å²) < 4.78 is 5.81. The van der Waals surface area contributed by atoms with E-state index in [-0.39, 0.29) is 11.9 Å². The summed E-state index contributed by atoms with van der Waals surface area (Å²) in [5.74, 6) is 2.13. The normalized spacial score (nSPS) is 18.2. The summed E-state index contributed by atoms with van der Waals surface area (Å²) in [7, 11) is 1.66. The Hall–Kier alpha value is -0.720. The van der Waals surface area contributed by atoms with E-state index in [2.05, 4.69) is 15.9 Å². The Labute approximate surface area is 132 Å². The van der Waals surface area contributed by atoms with E-state index in [1.54, 1.807) is 13.2 Å². The number of nitrogens with zero attached hydrogens (tertiary/aromatic N) is 1. The lowest BCUT2D eigenvalue weighted by Crippen LogP contribution is -2.42. The molecule has 1 fully saturated rings. The van der Waals surface area contributed by atoms with Crippen molar-refractivity contribution >= 4 is 39.3 Å². The van der Waals surface area contributed by atoms with E-state index in [4.69, 9.17) is 10.5 Å². The molecule has 1 aliphatic heterocycles. The van der Waals surface area contributed by atoms with Crippen molar-refractivity contribution in [1.82, 2.24) is 4.90 Å². The molecule has 2 N–H and O–H groups in total. The Morgan fingerprint density at radius 1 is 1.60 bits per heavy atom. The largest absolute Gasteiger partial charge is 0.398 e. The lowest BCUT2D eigenvalue weighted by Gasteiger charge is -2.29. The van der Waals surface area contributed by atoms with Gasteiger partial charge in [0.2, 0.25) is 0 Å². The smallest absolute Gasteiger partial charge is 0.255 e. The Morgan fingerprint density at radius 2 is 2.40 bits per heavy atom. The van der Waals surface area contributed by atoms with Crippen molar-refractivity contribution < 1.29 is 9.53 Å². The molecular formula is C14H19BrN2O2S. The minimum absolute atomic E-state index is 0.0220. The first kappa shape index (κ1) is 15.7. The van der Waals surface area contributed by atoms with Crippen molar-refractivity contribution in [3.8, 4) is 0 Å². The van der Waals surface area contributed by atoms with Gasteiger partial charge in [-0.1, -0.05) is 6.07 Å². The van der Waals surface area contributed by atoms with Crippen LogP contribution in [0.1, 0.15) is 16.8 Å². The number of methoxy groups -OCH3 is 1. The molecular weight excluding hydrogens is 340 g/mol. The highest BCUT2D eigenvalue weighted by molar-refractivity contribution is 9.10. The summed E-state index contributed by atoms with van der Waals surface area (Å²) in [5.41, 5.74) is 7.08. The number of benzene rings is 1. The van der Waals surface area contributed by atoms with E-state index in [9.17, 15) is 4.79 Å². The number of carbonyl (C=O) groups is 1. The molecule has 1 heterocycles. The van der Waals surface area contributed by atoms with Crippen LogP contribution in [0.5, 0.6) is 0 Å². The SMILES string of the molecule is COCCN(C(=O)c1cccc(N)c1Br)C1CCSC1. The Balaban J connectivity index is 2.22. The fourth-order valence-electron chi connectivity index (χ4n) is 2.28. The van der Waals surface area contributed by atoms with Gasteiger partial charge in [-0.2, -0.15) is 11.8 Å². The second-order valence-corrected chi connectivity index (χ2v) is 6.66. The first-order valence-electron chi connectivity index (χ1n) is 6.56. The van der Waals surface area contributed by atoms with Crippen molar-refractivity contribution in [2.45, 2.75) is 12.5 Å². The second kappa shape index (κ2) is 7.33. The van der Waals surface area contributed by atoms with Gasteiger partial charge in [-0.25, -0.2) is 0 Å². The van der Waals surface area contributed by atoms with Gasteiger partial charge in [-0.05, 0) is 40.2 Å². The molecule has 0 saturated carbocycles. The summed E-state index contributed by atoms with van der Waals surface area (Å²) in [6.07, 6.45) is 1.04. The van der Waals surface area contributed by atoms with Crippen LogP contribution in [0, 0.1) is 0 Å². The van der Waals surface area contributed by atoms with E-state index in [0.717, 1.165) is 17.9 Å². The quantitative estimate of drug-likeness (QED) is 0.822. The summed E-state index contributed by atoms with van der Waals surface area (Å²) in [6, 6.07) is 5.69. The van der Waals surface area contributed by atoms with Gasteiger partial charge in [0.15, 0.2) is 0 Å². The van der Waals surface area contributed by atoms with Crippen LogP contribution >= 0.6 is 27.7 Å². The number of thioether (sulfide) groups is 1. The lowest BCUT2D eigenvalue weighted by molar-refractivity contribution is 0.0624. The number of carbonyl (C=O) groups excluding carboxylic acids is 1. The Morgan fingerprint density at radius 3 is 3.05 bits per heavy atom. The molecule has 1 aromatic rings.